The van der Waals surface area contributed by atoms with E-state index < -0.39 is 23.8 Å². The third-order valence-corrected chi connectivity index (χ3v) is 6.54. The van der Waals surface area contributed by atoms with Crippen LogP contribution in [0.15, 0.2) is 60.2 Å². The monoisotopic (exact) mass is 591 g/mol. The van der Waals surface area contributed by atoms with Gasteiger partial charge < -0.3 is 10.1 Å². The quantitative estimate of drug-likeness (QED) is 0.258. The Morgan fingerprint density at radius 1 is 0.947 bits per heavy atom. The first-order valence-electron chi connectivity index (χ1n) is 10.9. The average molecular weight is 593 g/mol. The van der Waals surface area contributed by atoms with Crippen LogP contribution in [-0.2, 0) is 14.4 Å². The van der Waals surface area contributed by atoms with E-state index in [-0.39, 0.29) is 39.2 Å². The second kappa shape index (κ2) is 11.4. The van der Waals surface area contributed by atoms with E-state index in [2.05, 4.69) is 10.6 Å². The van der Waals surface area contributed by atoms with Gasteiger partial charge in [-0.3, -0.25) is 19.7 Å². The molecular weight excluding hydrogens is 576 g/mol. The lowest BCUT2D eigenvalue weighted by molar-refractivity contribution is -0.122. The zero-order valence-electron chi connectivity index (χ0n) is 19.5. The molecule has 38 heavy (non-hydrogen) atoms. The third kappa shape index (κ3) is 6.11. The van der Waals surface area contributed by atoms with Gasteiger partial charge in [-0.25, -0.2) is 9.69 Å². The molecule has 12 heteroatoms. The molecule has 8 nitrogen and oxygen atoms in total. The molecule has 0 radical (unpaired) electrons. The Bertz CT molecular complexity index is 1480. The molecule has 1 fully saturated rings. The summed E-state index contributed by atoms with van der Waals surface area (Å²) in [4.78, 5) is 51.1. The maximum Gasteiger partial charge on any atom is 0.335 e. The molecule has 0 saturated carbocycles. The number of hydrogen-bond donors (Lipinski definition) is 2. The summed E-state index contributed by atoms with van der Waals surface area (Å²) in [5.41, 5.74) is 1.43. The number of anilines is 2. The fourth-order valence-electron chi connectivity index (χ4n) is 3.45. The van der Waals surface area contributed by atoms with Crippen LogP contribution in [0.2, 0.25) is 20.1 Å². The first-order chi connectivity index (χ1) is 18.0. The molecule has 0 atom stereocenters. The van der Waals surface area contributed by atoms with E-state index in [1.807, 2.05) is 0 Å². The first-order valence-corrected chi connectivity index (χ1v) is 12.4. The maximum atomic E-state index is 13.1. The summed E-state index contributed by atoms with van der Waals surface area (Å²) < 4.78 is 5.49. The van der Waals surface area contributed by atoms with E-state index in [4.69, 9.17) is 51.1 Å². The normalized spacial score (nSPS) is 14.5. The molecule has 1 saturated heterocycles. The number of aryl methyl sites for hydroxylation is 1. The molecule has 5 amide bonds. The molecule has 1 aliphatic heterocycles. The standard InChI is InChI=1S/C26H17Cl4N3O5/c1-13-2-7-17(11-19(13)28)33-25(36)18(24(35)32-26(33)37)8-14-9-20(29)23(21(30)10-14)38-12-22(34)31-16-5-3-15(27)4-6-16/h2-11H,12H2,1H3,(H,31,34)(H,32,35,37)/b18-8+. The Morgan fingerprint density at radius 3 is 2.24 bits per heavy atom. The Labute approximate surface area is 237 Å². The number of nitrogens with zero attached hydrogens (tertiary/aromatic N) is 1. The van der Waals surface area contributed by atoms with Gasteiger partial charge in [0.15, 0.2) is 12.4 Å². The minimum absolute atomic E-state index is 0.0329. The van der Waals surface area contributed by atoms with Crippen LogP contribution in [0, 0.1) is 6.92 Å². The number of rotatable bonds is 6. The Balaban J connectivity index is 1.53. The predicted octanol–water partition coefficient (Wildman–Crippen LogP) is 6.29. The van der Waals surface area contributed by atoms with Crippen molar-refractivity contribution in [3.8, 4) is 5.75 Å². The molecule has 2 N–H and O–H groups in total. The Hall–Kier alpha value is -3.56. The number of carbonyl (C=O) groups excluding carboxylic acids is 4. The Morgan fingerprint density at radius 2 is 1.61 bits per heavy atom. The highest BCUT2D eigenvalue weighted by Crippen LogP contribution is 2.35. The van der Waals surface area contributed by atoms with E-state index in [0.29, 0.717) is 15.7 Å². The summed E-state index contributed by atoms with van der Waals surface area (Å²) >= 11 is 24.6. The number of imide groups is 2. The fourth-order valence-corrected chi connectivity index (χ4v) is 4.36. The number of amides is 5. The lowest BCUT2D eigenvalue weighted by atomic mass is 10.1. The summed E-state index contributed by atoms with van der Waals surface area (Å²) in [6.07, 6.45) is 1.24. The molecule has 0 bridgehead atoms. The lowest BCUT2D eigenvalue weighted by Gasteiger charge is -2.26. The van der Waals surface area contributed by atoms with Gasteiger partial charge in [0, 0.05) is 15.7 Å². The third-order valence-electron chi connectivity index (χ3n) is 5.32. The second-order valence-corrected chi connectivity index (χ2v) is 9.71. The average Bonchev–Trinajstić information content (AvgIpc) is 2.85. The van der Waals surface area contributed by atoms with E-state index >= 15 is 0 Å². The van der Waals surface area contributed by atoms with Gasteiger partial charge in [0.05, 0.1) is 15.7 Å². The molecular formula is C26H17Cl4N3O5. The molecule has 0 aromatic heterocycles. The maximum absolute atomic E-state index is 13.1. The number of halogens is 4. The molecule has 1 aliphatic rings. The van der Waals surface area contributed by atoms with Crippen molar-refractivity contribution in [3.05, 3.63) is 91.4 Å². The van der Waals surface area contributed by atoms with Gasteiger partial charge in [-0.15, -0.1) is 0 Å². The molecule has 0 aliphatic carbocycles. The van der Waals surface area contributed by atoms with Crippen molar-refractivity contribution in [2.24, 2.45) is 0 Å². The fraction of sp³-hybridized carbons (Fsp3) is 0.0769. The second-order valence-electron chi connectivity index (χ2n) is 8.05. The van der Waals surface area contributed by atoms with Crippen molar-refractivity contribution in [2.45, 2.75) is 6.92 Å². The van der Waals surface area contributed by atoms with Gasteiger partial charge >= 0.3 is 6.03 Å². The van der Waals surface area contributed by atoms with Crippen LogP contribution >= 0.6 is 46.4 Å². The highest BCUT2D eigenvalue weighted by Gasteiger charge is 2.37. The number of benzene rings is 3. The minimum atomic E-state index is -0.909. The van der Waals surface area contributed by atoms with Gasteiger partial charge in [-0.2, -0.15) is 0 Å². The highest BCUT2D eigenvalue weighted by atomic mass is 35.5. The topological polar surface area (TPSA) is 105 Å². The smallest absolute Gasteiger partial charge is 0.335 e. The summed E-state index contributed by atoms with van der Waals surface area (Å²) in [6.45, 7) is 1.38. The van der Waals surface area contributed by atoms with Crippen LogP contribution in [0.3, 0.4) is 0 Å². The molecule has 0 spiro atoms. The van der Waals surface area contributed by atoms with Crippen LogP contribution in [0.5, 0.6) is 5.75 Å². The largest absolute Gasteiger partial charge is 0.481 e. The number of carbonyl (C=O) groups is 4. The molecule has 194 valence electrons. The van der Waals surface area contributed by atoms with E-state index in [1.54, 1.807) is 37.3 Å². The van der Waals surface area contributed by atoms with Crippen LogP contribution in [0.1, 0.15) is 11.1 Å². The van der Waals surface area contributed by atoms with Gasteiger partial charge in [0.25, 0.3) is 17.7 Å². The SMILES string of the molecule is Cc1ccc(N2C(=O)NC(=O)/C(=C\c3cc(Cl)c(OCC(=O)Nc4ccc(Cl)cc4)c(Cl)c3)C2=O)cc1Cl. The number of barbiturate groups is 1. The molecule has 0 unspecified atom stereocenters. The van der Waals surface area contributed by atoms with Crippen molar-refractivity contribution >= 4 is 87.6 Å². The highest BCUT2D eigenvalue weighted by molar-refractivity contribution is 6.40. The van der Waals surface area contributed by atoms with Crippen LogP contribution < -0.4 is 20.3 Å². The van der Waals surface area contributed by atoms with Gasteiger partial charge in [-0.1, -0.05) is 52.5 Å². The Kier molecular flexibility index (Phi) is 8.28. The summed E-state index contributed by atoms with van der Waals surface area (Å²) in [5, 5.41) is 5.71. The summed E-state index contributed by atoms with van der Waals surface area (Å²) in [6, 6.07) is 13.0. The minimum Gasteiger partial charge on any atom is -0.481 e. The molecule has 3 aromatic rings. The zero-order chi connectivity index (χ0) is 27.6. The zero-order valence-corrected chi connectivity index (χ0v) is 22.5. The van der Waals surface area contributed by atoms with Crippen molar-refractivity contribution in [1.29, 1.82) is 0 Å². The predicted molar refractivity (Wildman–Crippen MR) is 147 cm³/mol. The first kappa shape index (κ1) is 27.5. The van der Waals surface area contributed by atoms with E-state index in [0.717, 1.165) is 10.5 Å². The lowest BCUT2D eigenvalue weighted by Crippen LogP contribution is -2.54. The summed E-state index contributed by atoms with van der Waals surface area (Å²) in [5.74, 6) is -2.17. The van der Waals surface area contributed by atoms with Crippen LogP contribution in [-0.4, -0.2) is 30.4 Å². The van der Waals surface area contributed by atoms with Crippen molar-refractivity contribution < 1.29 is 23.9 Å². The summed E-state index contributed by atoms with van der Waals surface area (Å²) in [7, 11) is 0. The molecule has 1 heterocycles. The van der Waals surface area contributed by atoms with Gasteiger partial charge in [0.2, 0.25) is 0 Å². The van der Waals surface area contributed by atoms with Crippen molar-refractivity contribution in [1.82, 2.24) is 5.32 Å². The van der Waals surface area contributed by atoms with Crippen LogP contribution in [0.25, 0.3) is 6.08 Å². The van der Waals surface area contributed by atoms with Crippen molar-refractivity contribution in [2.75, 3.05) is 16.8 Å². The van der Waals surface area contributed by atoms with Gasteiger partial charge in [0.1, 0.15) is 5.57 Å². The van der Waals surface area contributed by atoms with Gasteiger partial charge in [-0.05, 0) is 72.7 Å². The molecule has 3 aromatic carbocycles. The number of hydrogen-bond acceptors (Lipinski definition) is 5. The van der Waals surface area contributed by atoms with E-state index in [9.17, 15) is 19.2 Å². The number of nitrogens with one attached hydrogen (secondary N) is 2. The molecule has 4 rings (SSSR count). The van der Waals surface area contributed by atoms with Crippen LogP contribution in [0.4, 0.5) is 16.2 Å². The van der Waals surface area contributed by atoms with Crippen molar-refractivity contribution in [3.63, 3.8) is 0 Å². The number of ether oxygens (including phenoxy) is 1. The number of urea groups is 1. The van der Waals surface area contributed by atoms with E-state index in [1.165, 1.54) is 30.3 Å².